The summed E-state index contributed by atoms with van der Waals surface area (Å²) in [5, 5.41) is 9.11. The van der Waals surface area contributed by atoms with Gasteiger partial charge in [0.2, 0.25) is 0 Å². The molecule has 0 radical (unpaired) electrons. The summed E-state index contributed by atoms with van der Waals surface area (Å²) in [6, 6.07) is 0. The topological polar surface area (TPSA) is 46.2 Å². The lowest BCUT2D eigenvalue weighted by Gasteiger charge is -2.29. The standard InChI is InChI=1S/C10H22FNO/c1-3-9(2)7-10(12,8-13)5-4-6-11/h9,13H,3-8,12H2,1-2H3/t9-,10+/m0/s1. The second-order valence-electron chi connectivity index (χ2n) is 4.03. The molecule has 2 nitrogen and oxygen atoms in total. The highest BCUT2D eigenvalue weighted by molar-refractivity contribution is 4.84. The molecule has 0 saturated heterocycles. The Labute approximate surface area is 80.3 Å². The number of hydrogen-bond donors (Lipinski definition) is 2. The number of aliphatic hydroxyl groups is 1. The average molecular weight is 191 g/mol. The molecule has 0 aliphatic heterocycles. The Morgan fingerprint density at radius 3 is 2.54 bits per heavy atom. The van der Waals surface area contributed by atoms with Crippen molar-refractivity contribution in [2.45, 2.75) is 45.1 Å². The van der Waals surface area contributed by atoms with Gasteiger partial charge in [-0.2, -0.15) is 0 Å². The van der Waals surface area contributed by atoms with E-state index in [0.717, 1.165) is 12.8 Å². The molecule has 0 aromatic heterocycles. The Morgan fingerprint density at radius 2 is 2.15 bits per heavy atom. The van der Waals surface area contributed by atoms with E-state index >= 15 is 0 Å². The van der Waals surface area contributed by atoms with E-state index in [9.17, 15) is 4.39 Å². The Bertz CT molecular complexity index is 132. The predicted molar refractivity (Wildman–Crippen MR) is 53.3 cm³/mol. The minimum atomic E-state index is -0.568. The summed E-state index contributed by atoms with van der Waals surface area (Å²) < 4.78 is 11.9. The minimum Gasteiger partial charge on any atom is -0.394 e. The fraction of sp³-hybridized carbons (Fsp3) is 1.00. The molecule has 80 valence electrons. The number of nitrogens with two attached hydrogens (primary N) is 1. The van der Waals surface area contributed by atoms with Crippen LogP contribution in [0, 0.1) is 5.92 Å². The number of hydrogen-bond acceptors (Lipinski definition) is 2. The smallest absolute Gasteiger partial charge is 0.0895 e. The molecule has 0 aromatic rings. The van der Waals surface area contributed by atoms with Gasteiger partial charge in [0.1, 0.15) is 0 Å². The van der Waals surface area contributed by atoms with Crippen LogP contribution >= 0.6 is 0 Å². The summed E-state index contributed by atoms with van der Waals surface area (Å²) in [6.45, 7) is 3.81. The van der Waals surface area contributed by atoms with Gasteiger partial charge in [0, 0.05) is 5.54 Å². The third kappa shape index (κ3) is 5.21. The van der Waals surface area contributed by atoms with Crippen LogP contribution in [0.25, 0.3) is 0 Å². The molecule has 0 aromatic carbocycles. The van der Waals surface area contributed by atoms with E-state index in [4.69, 9.17) is 10.8 Å². The van der Waals surface area contributed by atoms with Crippen LogP contribution in [0.2, 0.25) is 0 Å². The molecule has 0 unspecified atom stereocenters. The van der Waals surface area contributed by atoms with Crippen molar-refractivity contribution in [2.75, 3.05) is 13.3 Å². The Balaban J connectivity index is 3.94. The van der Waals surface area contributed by atoms with E-state index in [2.05, 4.69) is 13.8 Å². The Morgan fingerprint density at radius 1 is 1.54 bits per heavy atom. The maximum Gasteiger partial charge on any atom is 0.0895 e. The summed E-state index contributed by atoms with van der Waals surface area (Å²) in [6.07, 6.45) is 2.85. The fourth-order valence-corrected chi connectivity index (χ4v) is 1.50. The molecule has 13 heavy (non-hydrogen) atoms. The van der Waals surface area contributed by atoms with Crippen molar-refractivity contribution in [1.82, 2.24) is 0 Å². The molecule has 0 aliphatic rings. The molecular formula is C10H22FNO. The molecule has 0 amide bonds. The number of alkyl halides is 1. The van der Waals surface area contributed by atoms with E-state index in [0.29, 0.717) is 18.8 Å². The molecule has 0 bridgehead atoms. The van der Waals surface area contributed by atoms with Crippen molar-refractivity contribution in [3.63, 3.8) is 0 Å². The molecule has 0 rings (SSSR count). The van der Waals surface area contributed by atoms with Crippen molar-refractivity contribution < 1.29 is 9.50 Å². The molecule has 0 heterocycles. The molecule has 0 aliphatic carbocycles. The summed E-state index contributed by atoms with van der Waals surface area (Å²) in [7, 11) is 0. The molecule has 3 heteroatoms. The van der Waals surface area contributed by atoms with Crippen molar-refractivity contribution in [1.29, 1.82) is 0 Å². The van der Waals surface area contributed by atoms with Crippen LogP contribution in [-0.2, 0) is 0 Å². The summed E-state index contributed by atoms with van der Waals surface area (Å²) in [5.74, 6) is 0.497. The monoisotopic (exact) mass is 191 g/mol. The average Bonchev–Trinajstić information content (AvgIpc) is 2.14. The van der Waals surface area contributed by atoms with E-state index < -0.39 is 5.54 Å². The van der Waals surface area contributed by atoms with Crippen LogP contribution in [0.4, 0.5) is 4.39 Å². The van der Waals surface area contributed by atoms with E-state index in [1.54, 1.807) is 0 Å². The second-order valence-corrected chi connectivity index (χ2v) is 4.03. The number of halogens is 1. The van der Waals surface area contributed by atoms with Crippen molar-refractivity contribution >= 4 is 0 Å². The maximum atomic E-state index is 11.9. The first-order valence-electron chi connectivity index (χ1n) is 5.03. The molecular weight excluding hydrogens is 169 g/mol. The van der Waals surface area contributed by atoms with Gasteiger partial charge in [-0.1, -0.05) is 20.3 Å². The van der Waals surface area contributed by atoms with Gasteiger partial charge in [-0.3, -0.25) is 4.39 Å². The van der Waals surface area contributed by atoms with Crippen molar-refractivity contribution in [2.24, 2.45) is 11.7 Å². The Kier molecular flexibility index (Phi) is 6.25. The SMILES string of the molecule is CC[C@H](C)C[C@@](N)(CO)CCCF. The van der Waals surface area contributed by atoms with Gasteiger partial charge < -0.3 is 10.8 Å². The molecule has 0 saturated carbocycles. The predicted octanol–water partition coefficient (Wildman–Crippen LogP) is 1.86. The second kappa shape index (κ2) is 6.33. The lowest BCUT2D eigenvalue weighted by Crippen LogP contribution is -2.45. The van der Waals surface area contributed by atoms with Gasteiger partial charge >= 0.3 is 0 Å². The van der Waals surface area contributed by atoms with Gasteiger partial charge in [-0.05, 0) is 25.2 Å². The van der Waals surface area contributed by atoms with Crippen LogP contribution < -0.4 is 5.73 Å². The quantitative estimate of drug-likeness (QED) is 0.645. The summed E-state index contributed by atoms with van der Waals surface area (Å²) >= 11 is 0. The van der Waals surface area contributed by atoms with E-state index in [-0.39, 0.29) is 13.3 Å². The molecule has 0 spiro atoms. The van der Waals surface area contributed by atoms with Crippen molar-refractivity contribution in [3.8, 4) is 0 Å². The highest BCUT2D eigenvalue weighted by atomic mass is 19.1. The van der Waals surface area contributed by atoms with E-state index in [1.165, 1.54) is 0 Å². The molecule has 2 atom stereocenters. The normalized spacial score (nSPS) is 18.2. The Hall–Kier alpha value is -0.150. The van der Waals surface area contributed by atoms with E-state index in [1.807, 2.05) is 0 Å². The van der Waals surface area contributed by atoms with Gasteiger partial charge in [0.25, 0.3) is 0 Å². The fourth-order valence-electron chi connectivity index (χ4n) is 1.50. The first kappa shape index (κ1) is 12.8. The zero-order valence-corrected chi connectivity index (χ0v) is 8.72. The summed E-state index contributed by atoms with van der Waals surface area (Å²) in [5.41, 5.74) is 5.38. The lowest BCUT2D eigenvalue weighted by molar-refractivity contribution is 0.156. The van der Waals surface area contributed by atoms with Gasteiger partial charge in [-0.25, -0.2) is 0 Å². The summed E-state index contributed by atoms with van der Waals surface area (Å²) in [4.78, 5) is 0. The third-order valence-corrected chi connectivity index (χ3v) is 2.58. The zero-order chi connectivity index (χ0) is 10.3. The lowest BCUT2D eigenvalue weighted by atomic mass is 9.85. The van der Waals surface area contributed by atoms with Gasteiger partial charge in [0.05, 0.1) is 13.3 Å². The van der Waals surface area contributed by atoms with Gasteiger partial charge in [-0.15, -0.1) is 0 Å². The van der Waals surface area contributed by atoms with Crippen molar-refractivity contribution in [3.05, 3.63) is 0 Å². The first-order valence-corrected chi connectivity index (χ1v) is 5.03. The number of rotatable bonds is 7. The first-order chi connectivity index (χ1) is 6.08. The van der Waals surface area contributed by atoms with Crippen LogP contribution in [0.3, 0.4) is 0 Å². The third-order valence-electron chi connectivity index (χ3n) is 2.58. The molecule has 0 fully saturated rings. The van der Waals surface area contributed by atoms with Crippen LogP contribution in [-0.4, -0.2) is 23.9 Å². The van der Waals surface area contributed by atoms with Crippen LogP contribution in [0.5, 0.6) is 0 Å². The zero-order valence-electron chi connectivity index (χ0n) is 8.72. The van der Waals surface area contributed by atoms with Crippen LogP contribution in [0.1, 0.15) is 39.5 Å². The maximum absolute atomic E-state index is 11.9. The minimum absolute atomic E-state index is 0.0443. The number of aliphatic hydroxyl groups excluding tert-OH is 1. The molecule has 3 N–H and O–H groups in total. The van der Waals surface area contributed by atoms with Gasteiger partial charge in [0.15, 0.2) is 0 Å². The highest BCUT2D eigenvalue weighted by Crippen LogP contribution is 2.21. The van der Waals surface area contributed by atoms with Crippen LogP contribution in [0.15, 0.2) is 0 Å². The highest BCUT2D eigenvalue weighted by Gasteiger charge is 2.25. The largest absolute Gasteiger partial charge is 0.394 e.